The molecule has 0 N–H and O–H groups in total. The molecule has 3 nitrogen and oxygen atoms in total. The van der Waals surface area contributed by atoms with Crippen LogP contribution in [-0.4, -0.2) is 17.3 Å². The maximum absolute atomic E-state index is 13.6. The van der Waals surface area contributed by atoms with Crippen molar-refractivity contribution >= 4 is 62.5 Å². The molecule has 5 heteroatoms. The Balaban J connectivity index is 1.80. The Morgan fingerprint density at radius 3 is 0.875 bits per heavy atom. The third-order valence-corrected chi connectivity index (χ3v) is 6.95. The first-order valence-corrected chi connectivity index (χ1v) is 12.0. The van der Waals surface area contributed by atoms with Gasteiger partial charge in [0.25, 0.3) is 0 Å². The van der Waals surface area contributed by atoms with Crippen molar-refractivity contribution in [2.75, 3.05) is 0 Å². The summed E-state index contributed by atoms with van der Waals surface area (Å²) in [5.74, 6) is -0.796. The van der Waals surface area contributed by atoms with Crippen molar-refractivity contribution in [2.45, 2.75) is 0 Å². The second kappa shape index (κ2) is 9.87. The highest BCUT2D eigenvalue weighted by Crippen LogP contribution is 2.25. The van der Waals surface area contributed by atoms with E-state index in [4.69, 9.17) is 0 Å². The van der Waals surface area contributed by atoms with Gasteiger partial charge in [0.15, 0.2) is 17.3 Å². The number of carbonyl (C=O) groups excluding carboxylic acids is 3. The van der Waals surface area contributed by atoms with E-state index in [1.165, 1.54) is 0 Å². The Hall–Kier alpha value is -2.65. The lowest BCUT2D eigenvalue weighted by Crippen LogP contribution is -2.15. The highest BCUT2D eigenvalue weighted by atomic mass is 127. The van der Waals surface area contributed by atoms with Crippen LogP contribution >= 0.6 is 45.2 Å². The highest BCUT2D eigenvalue weighted by molar-refractivity contribution is 14.1. The Kier molecular flexibility index (Phi) is 6.95. The van der Waals surface area contributed by atoms with E-state index in [0.717, 1.165) is 7.14 Å². The van der Waals surface area contributed by atoms with E-state index < -0.39 is 0 Å². The topological polar surface area (TPSA) is 51.2 Å². The maximum atomic E-state index is 13.6. The van der Waals surface area contributed by atoms with Crippen LogP contribution in [0.1, 0.15) is 47.8 Å². The summed E-state index contributed by atoms with van der Waals surface area (Å²) in [6.07, 6.45) is 0. The van der Waals surface area contributed by atoms with Gasteiger partial charge in [0.1, 0.15) is 0 Å². The lowest BCUT2D eigenvalue weighted by molar-refractivity contribution is 0.0993. The SMILES string of the molecule is O=C(c1ccccc1I)c1ccccc1C(=O)c1ccccc1C(=O)c1ccccc1I. The summed E-state index contributed by atoms with van der Waals surface area (Å²) < 4.78 is 1.62. The number of hydrogen-bond acceptors (Lipinski definition) is 3. The van der Waals surface area contributed by atoms with Gasteiger partial charge < -0.3 is 0 Å². The quantitative estimate of drug-likeness (QED) is 0.176. The number of halogens is 2. The number of benzene rings is 4. The zero-order chi connectivity index (χ0) is 22.7. The van der Waals surface area contributed by atoms with Gasteiger partial charge >= 0.3 is 0 Å². The Morgan fingerprint density at radius 2 is 0.594 bits per heavy atom. The van der Waals surface area contributed by atoms with E-state index in [1.54, 1.807) is 72.8 Å². The molecular formula is C27H16I2O3. The molecule has 156 valence electrons. The molecule has 0 unspecified atom stereocenters. The second-order valence-electron chi connectivity index (χ2n) is 7.04. The van der Waals surface area contributed by atoms with Crippen molar-refractivity contribution in [1.29, 1.82) is 0 Å². The van der Waals surface area contributed by atoms with E-state index in [2.05, 4.69) is 45.2 Å². The fourth-order valence-corrected chi connectivity index (χ4v) is 4.75. The van der Waals surface area contributed by atoms with Crippen LogP contribution in [0.4, 0.5) is 0 Å². The molecule has 0 aliphatic rings. The molecule has 4 rings (SSSR count). The first-order valence-electron chi connectivity index (χ1n) is 9.80. The lowest BCUT2D eigenvalue weighted by atomic mass is 9.89. The molecule has 0 aliphatic heterocycles. The van der Waals surface area contributed by atoms with Crippen molar-refractivity contribution in [3.63, 3.8) is 0 Å². The predicted molar refractivity (Wildman–Crippen MR) is 141 cm³/mol. The second-order valence-corrected chi connectivity index (χ2v) is 9.36. The molecule has 0 spiro atoms. The zero-order valence-electron chi connectivity index (χ0n) is 16.7. The van der Waals surface area contributed by atoms with Gasteiger partial charge in [-0.2, -0.15) is 0 Å². The van der Waals surface area contributed by atoms with Gasteiger partial charge in [0, 0.05) is 40.5 Å². The van der Waals surface area contributed by atoms with Gasteiger partial charge in [-0.05, 0) is 69.4 Å². The molecule has 4 aromatic rings. The van der Waals surface area contributed by atoms with Crippen molar-refractivity contribution in [3.8, 4) is 0 Å². The molecule has 0 saturated carbocycles. The van der Waals surface area contributed by atoms with Gasteiger partial charge in [-0.1, -0.05) is 72.8 Å². The van der Waals surface area contributed by atoms with Crippen LogP contribution in [0, 0.1) is 7.14 Å². The van der Waals surface area contributed by atoms with Crippen LogP contribution in [0.15, 0.2) is 97.1 Å². The van der Waals surface area contributed by atoms with Gasteiger partial charge in [0.05, 0.1) is 0 Å². The molecule has 0 atom stereocenters. The van der Waals surface area contributed by atoms with E-state index in [0.29, 0.717) is 22.3 Å². The van der Waals surface area contributed by atoms with Gasteiger partial charge in [0.2, 0.25) is 0 Å². The Bertz CT molecular complexity index is 1260. The van der Waals surface area contributed by atoms with Crippen LogP contribution < -0.4 is 0 Å². The van der Waals surface area contributed by atoms with E-state index in [9.17, 15) is 14.4 Å². The minimum absolute atomic E-state index is 0.222. The number of rotatable bonds is 6. The predicted octanol–water partition coefficient (Wildman–Crippen LogP) is 6.59. The van der Waals surface area contributed by atoms with Crippen molar-refractivity contribution in [3.05, 3.63) is 138 Å². The van der Waals surface area contributed by atoms with Gasteiger partial charge in [-0.15, -0.1) is 0 Å². The Labute approximate surface area is 213 Å². The normalized spacial score (nSPS) is 10.6. The summed E-state index contributed by atoms with van der Waals surface area (Å²) in [4.78, 5) is 40.2. The zero-order valence-corrected chi connectivity index (χ0v) is 21.0. The molecule has 0 bridgehead atoms. The molecule has 0 amide bonds. The minimum Gasteiger partial charge on any atom is -0.289 e. The third-order valence-electron chi connectivity index (χ3n) is 5.07. The average molecular weight is 642 g/mol. The lowest BCUT2D eigenvalue weighted by Gasteiger charge is -2.12. The number of hydrogen-bond donors (Lipinski definition) is 0. The molecule has 0 heterocycles. The highest BCUT2D eigenvalue weighted by Gasteiger charge is 2.24. The monoisotopic (exact) mass is 642 g/mol. The molecule has 0 aromatic heterocycles. The number of carbonyl (C=O) groups is 3. The van der Waals surface area contributed by atoms with Crippen LogP contribution in [0.3, 0.4) is 0 Å². The molecule has 0 aliphatic carbocycles. The van der Waals surface area contributed by atoms with Crippen LogP contribution in [0.2, 0.25) is 0 Å². The standard InChI is InChI=1S/C27H16I2O3/c28-23-15-7-5-13-21(23)26(31)19-11-3-1-9-17(19)25(30)18-10-2-4-12-20(18)27(32)22-14-6-8-16-24(22)29/h1-16H. The first-order chi connectivity index (χ1) is 15.5. The molecule has 0 radical (unpaired) electrons. The van der Waals surface area contributed by atoms with Gasteiger partial charge in [-0.3, -0.25) is 14.4 Å². The molecular weight excluding hydrogens is 626 g/mol. The average Bonchev–Trinajstić information content (AvgIpc) is 2.83. The van der Waals surface area contributed by atoms with Crippen LogP contribution in [0.25, 0.3) is 0 Å². The summed E-state index contributed by atoms with van der Waals surface area (Å²) in [7, 11) is 0. The number of ketones is 3. The van der Waals surface area contributed by atoms with E-state index >= 15 is 0 Å². The van der Waals surface area contributed by atoms with Crippen molar-refractivity contribution < 1.29 is 14.4 Å². The summed E-state index contributed by atoms with van der Waals surface area (Å²) in [5.41, 5.74) is 2.27. The van der Waals surface area contributed by atoms with Crippen molar-refractivity contribution in [2.24, 2.45) is 0 Å². The van der Waals surface area contributed by atoms with Crippen molar-refractivity contribution in [1.82, 2.24) is 0 Å². The van der Waals surface area contributed by atoms with Crippen LogP contribution in [0.5, 0.6) is 0 Å². The largest absolute Gasteiger partial charge is 0.289 e. The molecule has 32 heavy (non-hydrogen) atoms. The molecule has 0 saturated heterocycles. The Morgan fingerprint density at radius 1 is 0.375 bits per heavy atom. The molecule has 0 fully saturated rings. The summed E-state index contributed by atoms with van der Waals surface area (Å²) in [6, 6.07) is 28.1. The smallest absolute Gasteiger partial charge is 0.194 e. The maximum Gasteiger partial charge on any atom is 0.194 e. The van der Waals surface area contributed by atoms with E-state index in [1.807, 2.05) is 24.3 Å². The van der Waals surface area contributed by atoms with E-state index in [-0.39, 0.29) is 28.5 Å². The summed E-state index contributed by atoms with van der Waals surface area (Å²) in [6.45, 7) is 0. The van der Waals surface area contributed by atoms with Gasteiger partial charge in [-0.25, -0.2) is 0 Å². The summed E-state index contributed by atoms with van der Waals surface area (Å²) in [5, 5.41) is 0. The van der Waals surface area contributed by atoms with Crippen LogP contribution in [-0.2, 0) is 0 Å². The summed E-state index contributed by atoms with van der Waals surface area (Å²) >= 11 is 4.23. The minimum atomic E-state index is -0.352. The fraction of sp³-hybridized carbons (Fsp3) is 0. The fourth-order valence-electron chi connectivity index (χ4n) is 3.48. The first kappa shape index (κ1) is 22.5. The molecule has 4 aromatic carbocycles. The third kappa shape index (κ3) is 4.45.